The van der Waals surface area contributed by atoms with Gasteiger partial charge in [-0.1, -0.05) is 29.3 Å². The van der Waals surface area contributed by atoms with E-state index < -0.39 is 58.0 Å². The number of ketones is 1. The van der Waals surface area contributed by atoms with E-state index in [4.69, 9.17) is 52.1 Å². The van der Waals surface area contributed by atoms with Crippen LogP contribution in [0.4, 0.5) is 28.9 Å². The van der Waals surface area contributed by atoms with E-state index in [1.165, 1.54) is 30.3 Å². The lowest BCUT2D eigenvalue weighted by Gasteiger charge is -2.10. The number of nitrogen functional groups attached to an aromatic ring is 1. The van der Waals surface area contributed by atoms with Crippen LogP contribution in [0, 0.1) is 17.6 Å². The number of Topliss-reactive ketones (excluding diaryl/α,β-unsaturated/α-hetero) is 1. The summed E-state index contributed by atoms with van der Waals surface area (Å²) in [5, 5.41) is 2.66. The molecule has 37 heavy (non-hydrogen) atoms. The highest BCUT2D eigenvalue weighted by Crippen LogP contribution is 2.65. The number of halogens is 8. The van der Waals surface area contributed by atoms with Crippen molar-refractivity contribution >= 4 is 69.5 Å². The number of anilines is 2. The molecule has 0 aliphatic heterocycles. The Labute approximate surface area is 228 Å². The van der Waals surface area contributed by atoms with E-state index >= 15 is 0 Å². The normalized spacial score (nSPS) is 18.1. The summed E-state index contributed by atoms with van der Waals surface area (Å²) < 4.78 is 52.5. The van der Waals surface area contributed by atoms with Crippen LogP contribution in [0.2, 0.25) is 10.0 Å². The molecule has 2 unspecified atom stereocenters. The van der Waals surface area contributed by atoms with Gasteiger partial charge in [0.25, 0.3) is 6.43 Å². The van der Waals surface area contributed by atoms with Crippen LogP contribution in [0.25, 0.3) is 0 Å². The molecule has 1 saturated carbocycles. The van der Waals surface area contributed by atoms with E-state index in [0.29, 0.717) is 0 Å². The molecule has 3 N–H and O–H groups in total. The number of rotatable bonds is 7. The fourth-order valence-electron chi connectivity index (χ4n) is 4.07. The number of amides is 1. The molecule has 12 heteroatoms. The number of nitrogens with two attached hydrogens (primary N) is 1. The van der Waals surface area contributed by atoms with Crippen LogP contribution < -0.4 is 11.1 Å². The maximum absolute atomic E-state index is 14.2. The molecule has 194 valence electrons. The van der Waals surface area contributed by atoms with Crippen molar-refractivity contribution in [2.45, 2.75) is 23.1 Å². The van der Waals surface area contributed by atoms with E-state index in [2.05, 4.69) is 5.32 Å². The van der Waals surface area contributed by atoms with Crippen LogP contribution in [-0.4, -0.2) is 16.0 Å². The summed E-state index contributed by atoms with van der Waals surface area (Å²) in [6.07, 6.45) is -3.25. The average molecular weight is 594 g/mol. The Hall–Kier alpha value is -2.52. The molecule has 1 amide bonds. The predicted molar refractivity (Wildman–Crippen MR) is 136 cm³/mol. The monoisotopic (exact) mass is 592 g/mol. The first-order valence-electron chi connectivity index (χ1n) is 10.6. The molecule has 0 radical (unpaired) electrons. The largest absolute Gasteiger partial charge is 0.394 e. The molecule has 0 saturated heterocycles. The Balaban J connectivity index is 1.53. The first kappa shape index (κ1) is 27.5. The lowest BCUT2D eigenvalue weighted by molar-refractivity contribution is -0.117. The van der Waals surface area contributed by atoms with Gasteiger partial charge in [0, 0.05) is 34.2 Å². The van der Waals surface area contributed by atoms with Crippen molar-refractivity contribution < 1.29 is 27.2 Å². The van der Waals surface area contributed by atoms with Crippen LogP contribution in [0.3, 0.4) is 0 Å². The Bertz CT molecular complexity index is 1420. The molecule has 0 aromatic heterocycles. The summed E-state index contributed by atoms with van der Waals surface area (Å²) >= 11 is 24.7. The van der Waals surface area contributed by atoms with E-state index in [1.54, 1.807) is 0 Å². The second-order valence-electron chi connectivity index (χ2n) is 8.47. The third-order valence-corrected chi connectivity index (χ3v) is 7.47. The lowest BCUT2D eigenvalue weighted by atomic mass is 10.0. The second-order valence-corrected chi connectivity index (χ2v) is 10.8. The van der Waals surface area contributed by atoms with Gasteiger partial charge in [0.2, 0.25) is 5.91 Å². The van der Waals surface area contributed by atoms with Crippen molar-refractivity contribution in [2.24, 2.45) is 5.92 Å². The maximum atomic E-state index is 14.2. The molecule has 2 atom stereocenters. The van der Waals surface area contributed by atoms with Crippen molar-refractivity contribution in [3.8, 4) is 0 Å². The van der Waals surface area contributed by atoms with E-state index in [1.807, 2.05) is 0 Å². The summed E-state index contributed by atoms with van der Waals surface area (Å²) in [7, 11) is 0. The van der Waals surface area contributed by atoms with E-state index in [0.717, 1.165) is 18.2 Å². The Kier molecular flexibility index (Phi) is 7.68. The molecular formula is C25H16Cl4F4N2O2. The average Bonchev–Trinajstić information content (AvgIpc) is 3.42. The van der Waals surface area contributed by atoms with Gasteiger partial charge in [-0.15, -0.1) is 23.2 Å². The topological polar surface area (TPSA) is 72.2 Å². The zero-order valence-electron chi connectivity index (χ0n) is 18.5. The first-order chi connectivity index (χ1) is 17.3. The third kappa shape index (κ3) is 5.53. The molecule has 1 fully saturated rings. The Morgan fingerprint density at radius 2 is 1.73 bits per heavy atom. The quantitative estimate of drug-likeness (QED) is 0.127. The van der Waals surface area contributed by atoms with Crippen LogP contribution in [0.5, 0.6) is 0 Å². The highest BCUT2D eigenvalue weighted by molar-refractivity contribution is 6.53. The zero-order chi connectivity index (χ0) is 27.2. The van der Waals surface area contributed by atoms with Crippen LogP contribution in [-0.2, 0) is 11.2 Å². The Morgan fingerprint density at radius 3 is 2.41 bits per heavy atom. The third-order valence-electron chi connectivity index (χ3n) is 5.98. The number of nitrogens with one attached hydrogen (secondary N) is 1. The van der Waals surface area contributed by atoms with E-state index in [9.17, 15) is 27.2 Å². The van der Waals surface area contributed by atoms with Gasteiger partial charge >= 0.3 is 0 Å². The minimum absolute atomic E-state index is 0.0327. The minimum Gasteiger partial charge on any atom is -0.394 e. The summed E-state index contributed by atoms with van der Waals surface area (Å²) in [6.45, 7) is 0. The van der Waals surface area contributed by atoms with Crippen molar-refractivity contribution in [1.82, 2.24) is 0 Å². The van der Waals surface area contributed by atoms with Crippen LogP contribution >= 0.6 is 46.4 Å². The van der Waals surface area contributed by atoms with Gasteiger partial charge in [-0.25, -0.2) is 17.6 Å². The van der Waals surface area contributed by atoms with Gasteiger partial charge in [0.05, 0.1) is 10.9 Å². The number of carbonyl (C=O) groups is 2. The van der Waals surface area contributed by atoms with Crippen molar-refractivity contribution in [2.75, 3.05) is 11.1 Å². The molecule has 0 heterocycles. The molecule has 3 aromatic rings. The number of carbonyl (C=O) groups excluding carboxylic acids is 2. The molecular weight excluding hydrogens is 578 g/mol. The number of alkyl halides is 4. The smallest absolute Gasteiger partial charge is 0.263 e. The SMILES string of the molecule is Nc1c(F)ccc(CC(=O)c2cc(NC(=O)C3C(c4cc(Cl)cc(C(F)F)c4)C3(Cl)Cl)ccc2Cl)c1F. The van der Waals surface area contributed by atoms with E-state index in [-0.39, 0.29) is 38.0 Å². The standard InChI is InChI=1S/C25H16Cl4F4N2O2/c26-13-6-11(5-12(7-13)23(32)33)19-20(25(19,28)29)24(37)35-14-2-3-16(27)15(9-14)18(36)8-10-1-4-17(30)22(34)21(10)31/h1-7,9,19-20,23H,8,34H2,(H,35,37). The van der Waals surface area contributed by atoms with Crippen LogP contribution in [0.15, 0.2) is 48.5 Å². The zero-order valence-corrected chi connectivity index (χ0v) is 21.5. The summed E-state index contributed by atoms with van der Waals surface area (Å²) in [6, 6.07) is 9.80. The van der Waals surface area contributed by atoms with Crippen molar-refractivity contribution in [3.63, 3.8) is 0 Å². The van der Waals surface area contributed by atoms with Crippen LogP contribution in [0.1, 0.15) is 39.4 Å². The van der Waals surface area contributed by atoms with Gasteiger partial charge in [-0.3, -0.25) is 9.59 Å². The number of hydrogen-bond donors (Lipinski definition) is 2. The molecule has 1 aliphatic rings. The number of benzene rings is 3. The summed E-state index contributed by atoms with van der Waals surface area (Å²) in [4.78, 5) is 25.8. The first-order valence-corrected chi connectivity index (χ1v) is 12.1. The lowest BCUT2D eigenvalue weighted by Crippen LogP contribution is -2.17. The van der Waals surface area contributed by atoms with Gasteiger partial charge in [0.15, 0.2) is 11.6 Å². The minimum atomic E-state index is -2.78. The van der Waals surface area contributed by atoms with Gasteiger partial charge < -0.3 is 11.1 Å². The second kappa shape index (κ2) is 10.3. The number of hydrogen-bond acceptors (Lipinski definition) is 3. The van der Waals surface area contributed by atoms with Crippen molar-refractivity contribution in [1.29, 1.82) is 0 Å². The maximum Gasteiger partial charge on any atom is 0.263 e. The van der Waals surface area contributed by atoms with Gasteiger partial charge in [-0.2, -0.15) is 0 Å². The molecule has 1 aliphatic carbocycles. The summed E-state index contributed by atoms with van der Waals surface area (Å²) in [5.74, 6) is -5.07. The highest BCUT2D eigenvalue weighted by Gasteiger charge is 2.67. The fourth-order valence-corrected chi connectivity index (χ4v) is 5.37. The van der Waals surface area contributed by atoms with Gasteiger partial charge in [-0.05, 0) is 53.6 Å². The molecule has 0 bridgehead atoms. The molecule has 4 nitrogen and oxygen atoms in total. The highest BCUT2D eigenvalue weighted by atomic mass is 35.5. The Morgan fingerprint density at radius 1 is 1.03 bits per heavy atom. The molecule has 0 spiro atoms. The molecule has 4 rings (SSSR count). The molecule has 3 aromatic carbocycles. The van der Waals surface area contributed by atoms with Crippen molar-refractivity contribution in [3.05, 3.63) is 92.5 Å². The predicted octanol–water partition coefficient (Wildman–Crippen LogP) is 7.74. The summed E-state index contributed by atoms with van der Waals surface area (Å²) in [5.41, 5.74) is 4.58. The fraction of sp³-hybridized carbons (Fsp3) is 0.200. The van der Waals surface area contributed by atoms with Gasteiger partial charge in [0.1, 0.15) is 15.8 Å².